The van der Waals surface area contributed by atoms with Crippen molar-refractivity contribution in [3.8, 4) is 6.07 Å². The molecule has 0 saturated carbocycles. The molecule has 1 aliphatic heterocycles. The molecule has 1 aromatic heterocycles. The lowest BCUT2D eigenvalue weighted by atomic mass is 9.72. The molecule has 27 heavy (non-hydrogen) atoms. The van der Waals surface area contributed by atoms with E-state index in [9.17, 15) is 10.1 Å². The third-order valence-corrected chi connectivity index (χ3v) is 5.65. The van der Waals surface area contributed by atoms with E-state index in [1.54, 1.807) is 5.48 Å². The molecule has 6 heteroatoms. The normalized spacial score (nSPS) is 17.1. The number of amides is 1. The minimum atomic E-state index is -0.620. The number of rotatable bonds is 3. The Bertz CT molecular complexity index is 1060. The van der Waals surface area contributed by atoms with Gasteiger partial charge in [0.2, 0.25) is 0 Å². The Hall–Kier alpha value is -2.88. The second-order valence-electron chi connectivity index (χ2n) is 7.24. The van der Waals surface area contributed by atoms with Crippen molar-refractivity contribution in [2.75, 3.05) is 19.6 Å². The third kappa shape index (κ3) is 2.85. The predicted molar refractivity (Wildman–Crippen MR) is 101 cm³/mol. The van der Waals surface area contributed by atoms with Crippen LogP contribution in [0.5, 0.6) is 0 Å². The second kappa shape index (κ2) is 6.69. The Balaban J connectivity index is 1.78. The first kappa shape index (κ1) is 17.5. The molecule has 0 spiro atoms. The molecule has 2 N–H and O–H groups in total. The molecule has 3 aromatic rings. The van der Waals surface area contributed by atoms with Crippen LogP contribution in [0.4, 0.5) is 0 Å². The molecule has 0 bridgehead atoms. The standard InChI is InChI=1S/C21H21N3O3/c1-14-6-7-16(19-15-4-2-3-5-17(15)27-20(14)19)21(13-22)8-10-24(11-9-21)12-18(25)23-26/h2-7,26H,8-12H2,1H3,(H,23,25). The smallest absolute Gasteiger partial charge is 0.257 e. The van der Waals surface area contributed by atoms with Gasteiger partial charge in [-0.3, -0.25) is 14.9 Å². The quantitative estimate of drug-likeness (QED) is 0.551. The molecular formula is C21H21N3O3. The number of furan rings is 1. The number of carbonyl (C=O) groups excluding carboxylic acids is 1. The molecule has 1 saturated heterocycles. The number of hydrogen-bond acceptors (Lipinski definition) is 5. The van der Waals surface area contributed by atoms with Crippen LogP contribution in [0, 0.1) is 18.3 Å². The van der Waals surface area contributed by atoms with Crippen molar-refractivity contribution in [1.82, 2.24) is 10.4 Å². The van der Waals surface area contributed by atoms with Crippen molar-refractivity contribution in [3.63, 3.8) is 0 Å². The van der Waals surface area contributed by atoms with Gasteiger partial charge in [0, 0.05) is 23.9 Å². The first-order valence-corrected chi connectivity index (χ1v) is 9.06. The van der Waals surface area contributed by atoms with Crippen LogP contribution in [-0.2, 0) is 10.2 Å². The van der Waals surface area contributed by atoms with Gasteiger partial charge in [-0.15, -0.1) is 0 Å². The number of benzene rings is 2. The van der Waals surface area contributed by atoms with Crippen LogP contribution in [-0.4, -0.2) is 35.6 Å². The van der Waals surface area contributed by atoms with Crippen molar-refractivity contribution in [2.45, 2.75) is 25.2 Å². The van der Waals surface area contributed by atoms with Crippen molar-refractivity contribution in [3.05, 3.63) is 47.5 Å². The van der Waals surface area contributed by atoms with E-state index in [1.165, 1.54) is 0 Å². The van der Waals surface area contributed by atoms with Crippen LogP contribution in [0.3, 0.4) is 0 Å². The number of hydrogen-bond donors (Lipinski definition) is 2. The number of piperidine rings is 1. The van der Waals surface area contributed by atoms with E-state index in [0.29, 0.717) is 25.9 Å². The summed E-state index contributed by atoms with van der Waals surface area (Å²) in [6.45, 7) is 3.39. The third-order valence-electron chi connectivity index (χ3n) is 5.65. The number of nitrogens with one attached hydrogen (secondary N) is 1. The van der Waals surface area contributed by atoms with E-state index in [-0.39, 0.29) is 6.54 Å². The van der Waals surface area contributed by atoms with Gasteiger partial charge in [0.1, 0.15) is 11.2 Å². The number of aryl methyl sites for hydroxylation is 1. The highest BCUT2D eigenvalue weighted by Gasteiger charge is 2.39. The highest BCUT2D eigenvalue weighted by Crippen LogP contribution is 2.43. The number of para-hydroxylation sites is 1. The fraction of sp³-hybridized carbons (Fsp3) is 0.333. The van der Waals surface area contributed by atoms with Crippen LogP contribution in [0.2, 0.25) is 0 Å². The topological polar surface area (TPSA) is 89.5 Å². The van der Waals surface area contributed by atoms with Gasteiger partial charge in [0.05, 0.1) is 18.0 Å². The highest BCUT2D eigenvalue weighted by molar-refractivity contribution is 6.08. The van der Waals surface area contributed by atoms with Gasteiger partial charge in [-0.25, -0.2) is 5.48 Å². The van der Waals surface area contributed by atoms with Crippen molar-refractivity contribution >= 4 is 27.8 Å². The zero-order valence-electron chi connectivity index (χ0n) is 15.2. The van der Waals surface area contributed by atoms with Crippen LogP contribution >= 0.6 is 0 Å². The van der Waals surface area contributed by atoms with Crippen molar-refractivity contribution in [1.29, 1.82) is 5.26 Å². The van der Waals surface area contributed by atoms with Gasteiger partial charge in [0.15, 0.2) is 0 Å². The summed E-state index contributed by atoms with van der Waals surface area (Å²) in [5.74, 6) is -0.432. The second-order valence-corrected chi connectivity index (χ2v) is 7.24. The fourth-order valence-electron chi connectivity index (χ4n) is 4.13. The molecule has 1 fully saturated rings. The van der Waals surface area contributed by atoms with Gasteiger partial charge in [-0.05, 0) is 37.0 Å². The molecule has 0 atom stereocenters. The molecule has 0 aliphatic carbocycles. The van der Waals surface area contributed by atoms with Crippen LogP contribution in [0.25, 0.3) is 21.9 Å². The van der Waals surface area contributed by atoms with Crippen molar-refractivity contribution < 1.29 is 14.4 Å². The number of carbonyl (C=O) groups is 1. The first-order valence-electron chi connectivity index (χ1n) is 9.06. The summed E-state index contributed by atoms with van der Waals surface area (Å²) in [5, 5.41) is 20.9. The number of nitriles is 1. The monoisotopic (exact) mass is 363 g/mol. The van der Waals surface area contributed by atoms with Crippen LogP contribution in [0.15, 0.2) is 40.8 Å². The van der Waals surface area contributed by atoms with Gasteiger partial charge in [-0.1, -0.05) is 30.3 Å². The van der Waals surface area contributed by atoms with Gasteiger partial charge in [-0.2, -0.15) is 5.26 Å². The molecule has 2 heterocycles. The summed E-state index contributed by atoms with van der Waals surface area (Å²) in [5.41, 5.74) is 4.77. The first-order chi connectivity index (χ1) is 13.1. The number of nitrogens with zero attached hydrogens (tertiary/aromatic N) is 2. The molecule has 1 aliphatic rings. The summed E-state index contributed by atoms with van der Waals surface area (Å²) in [6.07, 6.45) is 1.25. The maximum atomic E-state index is 11.4. The summed E-state index contributed by atoms with van der Waals surface area (Å²) in [7, 11) is 0. The number of likely N-dealkylation sites (tertiary alicyclic amines) is 1. The minimum Gasteiger partial charge on any atom is -0.456 e. The molecule has 4 rings (SSSR count). The maximum Gasteiger partial charge on any atom is 0.257 e. The molecule has 0 unspecified atom stereocenters. The van der Waals surface area contributed by atoms with E-state index in [1.807, 2.05) is 42.2 Å². The average molecular weight is 363 g/mol. The summed E-state index contributed by atoms with van der Waals surface area (Å²) >= 11 is 0. The zero-order chi connectivity index (χ0) is 19.0. The Morgan fingerprint density at radius 1 is 1.30 bits per heavy atom. The average Bonchev–Trinajstić information content (AvgIpc) is 3.10. The predicted octanol–water partition coefficient (Wildman–Crippen LogP) is 3.26. The van der Waals surface area contributed by atoms with Crippen LogP contribution in [0.1, 0.15) is 24.0 Å². The lowest BCUT2D eigenvalue weighted by molar-refractivity contribution is -0.130. The zero-order valence-corrected chi connectivity index (χ0v) is 15.2. The fourth-order valence-corrected chi connectivity index (χ4v) is 4.13. The Kier molecular flexibility index (Phi) is 4.34. The van der Waals surface area contributed by atoms with Gasteiger partial charge >= 0.3 is 0 Å². The summed E-state index contributed by atoms with van der Waals surface area (Å²) in [4.78, 5) is 13.4. The Morgan fingerprint density at radius 2 is 2.04 bits per heavy atom. The maximum absolute atomic E-state index is 11.4. The van der Waals surface area contributed by atoms with Crippen molar-refractivity contribution in [2.24, 2.45) is 0 Å². The molecule has 0 radical (unpaired) electrons. The minimum absolute atomic E-state index is 0.135. The lowest BCUT2D eigenvalue weighted by Gasteiger charge is -2.37. The Morgan fingerprint density at radius 3 is 2.74 bits per heavy atom. The summed E-state index contributed by atoms with van der Waals surface area (Å²) in [6, 6.07) is 14.6. The Labute approximate surface area is 156 Å². The van der Waals surface area contributed by atoms with E-state index in [2.05, 4.69) is 12.1 Å². The van der Waals surface area contributed by atoms with E-state index < -0.39 is 11.3 Å². The summed E-state index contributed by atoms with van der Waals surface area (Å²) < 4.78 is 6.09. The van der Waals surface area contributed by atoms with E-state index in [4.69, 9.17) is 9.62 Å². The molecule has 6 nitrogen and oxygen atoms in total. The number of fused-ring (bicyclic) bond motifs is 3. The van der Waals surface area contributed by atoms with E-state index in [0.717, 1.165) is 33.1 Å². The lowest BCUT2D eigenvalue weighted by Crippen LogP contribution is -2.45. The van der Waals surface area contributed by atoms with Crippen LogP contribution < -0.4 is 5.48 Å². The number of hydroxylamine groups is 1. The largest absolute Gasteiger partial charge is 0.456 e. The SMILES string of the molecule is Cc1ccc(C2(C#N)CCN(CC(=O)NO)CC2)c2c1oc1ccccc12. The van der Waals surface area contributed by atoms with Gasteiger partial charge in [0.25, 0.3) is 5.91 Å². The molecular weight excluding hydrogens is 342 g/mol. The molecule has 1 amide bonds. The molecule has 2 aromatic carbocycles. The highest BCUT2D eigenvalue weighted by atomic mass is 16.5. The van der Waals surface area contributed by atoms with E-state index >= 15 is 0 Å². The van der Waals surface area contributed by atoms with Gasteiger partial charge < -0.3 is 4.42 Å². The molecule has 138 valence electrons.